The van der Waals surface area contributed by atoms with Crippen LogP contribution in [0.1, 0.15) is 0 Å². The van der Waals surface area contributed by atoms with Crippen molar-refractivity contribution in [2.24, 2.45) is 0 Å². The predicted octanol–water partition coefficient (Wildman–Crippen LogP) is 0.894. The van der Waals surface area contributed by atoms with Crippen molar-refractivity contribution in [2.75, 3.05) is 24.7 Å². The fraction of sp³-hybridized carbons (Fsp3) is 0.333. The van der Waals surface area contributed by atoms with Gasteiger partial charge in [0.1, 0.15) is 12.4 Å². The number of para-hydroxylation sites is 1. The lowest BCUT2D eigenvalue weighted by Crippen LogP contribution is -2.20. The molecule has 1 heterocycles. The van der Waals surface area contributed by atoms with Crippen LogP contribution in [0, 0.1) is 0 Å². The second-order valence-corrected chi connectivity index (χ2v) is 5.16. The number of ether oxygens (including phenoxy) is 1. The SMILES string of the molecule is CS(=O)(=O)c1cccc2c1NCCO2. The van der Waals surface area contributed by atoms with Crippen LogP contribution in [0.3, 0.4) is 0 Å². The minimum atomic E-state index is -3.19. The number of benzene rings is 1. The van der Waals surface area contributed by atoms with Crippen molar-refractivity contribution in [2.45, 2.75) is 4.90 Å². The third kappa shape index (κ3) is 1.55. The monoisotopic (exact) mass is 213 g/mol. The lowest BCUT2D eigenvalue weighted by Gasteiger charge is -2.20. The Kier molecular flexibility index (Phi) is 2.11. The summed E-state index contributed by atoms with van der Waals surface area (Å²) in [5.74, 6) is 0.610. The minimum Gasteiger partial charge on any atom is -0.490 e. The van der Waals surface area contributed by atoms with Crippen LogP contribution in [-0.2, 0) is 9.84 Å². The molecule has 0 bridgehead atoms. The molecule has 76 valence electrons. The van der Waals surface area contributed by atoms with Gasteiger partial charge in [-0.1, -0.05) is 6.07 Å². The number of fused-ring (bicyclic) bond motifs is 1. The molecular weight excluding hydrogens is 202 g/mol. The molecule has 0 aromatic heterocycles. The van der Waals surface area contributed by atoms with E-state index in [0.717, 1.165) is 0 Å². The fourth-order valence-electron chi connectivity index (χ4n) is 1.45. The van der Waals surface area contributed by atoms with E-state index in [1.807, 2.05) is 0 Å². The fourth-order valence-corrected chi connectivity index (χ4v) is 2.32. The van der Waals surface area contributed by atoms with Crippen LogP contribution in [0.25, 0.3) is 0 Å². The largest absolute Gasteiger partial charge is 0.490 e. The van der Waals surface area contributed by atoms with E-state index in [1.54, 1.807) is 18.2 Å². The van der Waals surface area contributed by atoms with Crippen LogP contribution in [0.2, 0.25) is 0 Å². The summed E-state index contributed by atoms with van der Waals surface area (Å²) >= 11 is 0. The number of anilines is 1. The normalized spacial score (nSPS) is 15.2. The molecule has 0 radical (unpaired) electrons. The molecule has 0 amide bonds. The van der Waals surface area contributed by atoms with Crippen LogP contribution in [0.5, 0.6) is 5.75 Å². The maximum Gasteiger partial charge on any atom is 0.177 e. The summed E-state index contributed by atoms with van der Waals surface area (Å²) < 4.78 is 28.2. The molecule has 0 saturated carbocycles. The molecule has 1 N–H and O–H groups in total. The average molecular weight is 213 g/mol. The maximum atomic E-state index is 11.4. The Hall–Kier alpha value is -1.23. The van der Waals surface area contributed by atoms with Gasteiger partial charge >= 0.3 is 0 Å². The van der Waals surface area contributed by atoms with Gasteiger partial charge in [-0.2, -0.15) is 0 Å². The van der Waals surface area contributed by atoms with Gasteiger partial charge < -0.3 is 10.1 Å². The zero-order valence-corrected chi connectivity index (χ0v) is 8.60. The molecule has 1 aromatic rings. The van der Waals surface area contributed by atoms with Gasteiger partial charge in [-0.25, -0.2) is 8.42 Å². The van der Waals surface area contributed by atoms with E-state index >= 15 is 0 Å². The zero-order valence-electron chi connectivity index (χ0n) is 7.78. The second kappa shape index (κ2) is 3.16. The molecular formula is C9H11NO3S. The Morgan fingerprint density at radius 1 is 1.43 bits per heavy atom. The van der Waals surface area contributed by atoms with Crippen LogP contribution in [-0.4, -0.2) is 27.8 Å². The van der Waals surface area contributed by atoms with E-state index in [-0.39, 0.29) is 0 Å². The lowest BCUT2D eigenvalue weighted by atomic mass is 10.2. The predicted molar refractivity (Wildman–Crippen MR) is 53.5 cm³/mol. The van der Waals surface area contributed by atoms with Crippen LogP contribution in [0.15, 0.2) is 23.1 Å². The molecule has 4 nitrogen and oxygen atoms in total. The van der Waals surface area contributed by atoms with Crippen molar-refractivity contribution in [1.29, 1.82) is 0 Å². The van der Waals surface area contributed by atoms with Gasteiger partial charge in [0.15, 0.2) is 9.84 Å². The second-order valence-electron chi connectivity index (χ2n) is 3.18. The van der Waals surface area contributed by atoms with E-state index in [0.29, 0.717) is 29.5 Å². The molecule has 0 atom stereocenters. The van der Waals surface area contributed by atoms with E-state index in [2.05, 4.69) is 5.32 Å². The average Bonchev–Trinajstić information content (AvgIpc) is 2.15. The number of rotatable bonds is 1. The standard InChI is InChI=1S/C9H11NO3S/c1-14(11,12)8-4-2-3-7-9(8)10-5-6-13-7/h2-4,10H,5-6H2,1H3. The first-order valence-corrected chi connectivity index (χ1v) is 6.18. The van der Waals surface area contributed by atoms with Gasteiger partial charge in [-0.3, -0.25) is 0 Å². The molecule has 0 fully saturated rings. The van der Waals surface area contributed by atoms with Crippen molar-refractivity contribution in [3.63, 3.8) is 0 Å². The highest BCUT2D eigenvalue weighted by molar-refractivity contribution is 7.90. The molecule has 0 aliphatic carbocycles. The smallest absolute Gasteiger partial charge is 0.177 e. The summed E-state index contributed by atoms with van der Waals surface area (Å²) in [6.45, 7) is 1.21. The highest BCUT2D eigenvalue weighted by Gasteiger charge is 2.19. The number of hydrogen-bond donors (Lipinski definition) is 1. The molecule has 2 rings (SSSR count). The Bertz CT molecular complexity index is 453. The first-order chi connectivity index (χ1) is 6.59. The van der Waals surface area contributed by atoms with Gasteiger partial charge in [-0.05, 0) is 12.1 Å². The van der Waals surface area contributed by atoms with Crippen LogP contribution >= 0.6 is 0 Å². The highest BCUT2D eigenvalue weighted by atomic mass is 32.2. The summed E-state index contributed by atoms with van der Waals surface area (Å²) in [6.07, 6.45) is 1.19. The number of sulfone groups is 1. The summed E-state index contributed by atoms with van der Waals surface area (Å²) in [7, 11) is -3.19. The summed E-state index contributed by atoms with van der Waals surface area (Å²) in [4.78, 5) is 0.301. The quantitative estimate of drug-likeness (QED) is 0.753. The van der Waals surface area contributed by atoms with Crippen LogP contribution in [0.4, 0.5) is 5.69 Å². The molecule has 1 aliphatic heterocycles. The molecule has 0 saturated heterocycles. The van der Waals surface area contributed by atoms with Gasteiger partial charge in [0.2, 0.25) is 0 Å². The van der Waals surface area contributed by atoms with E-state index in [4.69, 9.17) is 4.74 Å². The topological polar surface area (TPSA) is 55.4 Å². The highest BCUT2D eigenvalue weighted by Crippen LogP contribution is 2.33. The molecule has 1 aliphatic rings. The maximum absolute atomic E-state index is 11.4. The lowest BCUT2D eigenvalue weighted by molar-refractivity contribution is 0.322. The first kappa shape index (κ1) is 9.33. The first-order valence-electron chi connectivity index (χ1n) is 4.29. The van der Waals surface area contributed by atoms with Crippen LogP contribution < -0.4 is 10.1 Å². The number of hydrogen-bond acceptors (Lipinski definition) is 4. The van der Waals surface area contributed by atoms with Crippen molar-refractivity contribution >= 4 is 15.5 Å². The van der Waals surface area contributed by atoms with Crippen molar-refractivity contribution in [1.82, 2.24) is 0 Å². The Labute approximate surface area is 82.8 Å². The molecule has 14 heavy (non-hydrogen) atoms. The van der Waals surface area contributed by atoms with Gasteiger partial charge in [-0.15, -0.1) is 0 Å². The van der Waals surface area contributed by atoms with Crippen molar-refractivity contribution in [3.8, 4) is 5.75 Å². The summed E-state index contributed by atoms with van der Waals surface area (Å²) in [5.41, 5.74) is 0.584. The molecule has 0 spiro atoms. The molecule has 0 unspecified atom stereocenters. The van der Waals surface area contributed by atoms with E-state index in [1.165, 1.54) is 6.26 Å². The third-order valence-corrected chi connectivity index (χ3v) is 3.19. The third-order valence-electron chi connectivity index (χ3n) is 2.05. The van der Waals surface area contributed by atoms with E-state index < -0.39 is 9.84 Å². The summed E-state index contributed by atoms with van der Waals surface area (Å²) in [6, 6.07) is 5.02. The Morgan fingerprint density at radius 3 is 2.93 bits per heavy atom. The van der Waals surface area contributed by atoms with Gasteiger partial charge in [0.25, 0.3) is 0 Å². The zero-order chi connectivity index (χ0) is 10.2. The minimum absolute atomic E-state index is 0.301. The van der Waals surface area contributed by atoms with Gasteiger partial charge in [0.05, 0.1) is 10.6 Å². The van der Waals surface area contributed by atoms with Gasteiger partial charge in [0, 0.05) is 12.8 Å². The Balaban J connectivity index is 2.62. The molecule has 5 heteroatoms. The van der Waals surface area contributed by atoms with Crippen molar-refractivity contribution < 1.29 is 13.2 Å². The number of nitrogens with one attached hydrogen (secondary N) is 1. The van der Waals surface area contributed by atoms with Crippen molar-refractivity contribution in [3.05, 3.63) is 18.2 Å². The summed E-state index contributed by atoms with van der Waals surface area (Å²) in [5, 5.41) is 3.03. The molecule has 1 aromatic carbocycles. The Morgan fingerprint density at radius 2 is 2.21 bits per heavy atom. The van der Waals surface area contributed by atoms with E-state index in [9.17, 15) is 8.42 Å².